The van der Waals surface area contributed by atoms with Crippen molar-refractivity contribution in [3.63, 3.8) is 0 Å². The molecular weight excluding hydrogens is 136 g/mol. The molecule has 11 heavy (non-hydrogen) atoms. The zero-order chi connectivity index (χ0) is 7.68. The fraction of sp³-hybridized carbons (Fsp3) is 0.700. The van der Waals surface area contributed by atoms with Crippen molar-refractivity contribution < 1.29 is 4.79 Å². The maximum absolute atomic E-state index is 11.1. The Morgan fingerprint density at radius 1 is 0.818 bits per heavy atom. The Morgan fingerprint density at radius 2 is 1.55 bits per heavy atom. The van der Waals surface area contributed by atoms with Crippen LogP contribution in [0.25, 0.3) is 0 Å². The summed E-state index contributed by atoms with van der Waals surface area (Å²) in [4.78, 5) is 11.1. The third-order valence-corrected chi connectivity index (χ3v) is 2.82. The Labute approximate surface area is 67.5 Å². The zero-order valence-corrected chi connectivity index (χ0v) is 6.86. The van der Waals surface area contributed by atoms with Gasteiger partial charge in [-0.25, -0.2) is 0 Å². The lowest BCUT2D eigenvalue weighted by atomic mass is 9.81. The molecule has 2 saturated carbocycles. The van der Waals surface area contributed by atoms with E-state index in [9.17, 15) is 4.79 Å². The molecule has 2 aliphatic rings. The Hall–Kier alpha value is -0.590. The molecule has 0 N–H and O–H groups in total. The summed E-state index contributed by atoms with van der Waals surface area (Å²) in [6.07, 6.45) is 8.30. The van der Waals surface area contributed by atoms with Gasteiger partial charge in [0.25, 0.3) is 0 Å². The van der Waals surface area contributed by atoms with Gasteiger partial charge in [0.1, 0.15) is 0 Å². The fourth-order valence-corrected chi connectivity index (χ4v) is 2.01. The van der Waals surface area contributed by atoms with Gasteiger partial charge in [0.2, 0.25) is 0 Å². The summed E-state index contributed by atoms with van der Waals surface area (Å²) in [5, 5.41) is 0. The van der Waals surface area contributed by atoms with Gasteiger partial charge >= 0.3 is 0 Å². The maximum Gasteiger partial charge on any atom is 0.159 e. The van der Waals surface area contributed by atoms with Crippen molar-refractivity contribution in [1.29, 1.82) is 0 Å². The van der Waals surface area contributed by atoms with Gasteiger partial charge in [0.05, 0.1) is 0 Å². The highest BCUT2D eigenvalue weighted by Gasteiger charge is 2.24. The number of rotatable bonds is 0. The minimum absolute atomic E-state index is 0.432. The molecule has 0 aliphatic heterocycles. The van der Waals surface area contributed by atoms with E-state index in [0.717, 1.165) is 12.8 Å². The maximum atomic E-state index is 11.1. The van der Waals surface area contributed by atoms with Crippen LogP contribution < -0.4 is 0 Å². The van der Waals surface area contributed by atoms with Crippen molar-refractivity contribution in [1.82, 2.24) is 0 Å². The van der Waals surface area contributed by atoms with Crippen LogP contribution in [0.1, 0.15) is 44.9 Å². The normalized spacial score (nSPS) is 25.3. The Kier molecular flexibility index (Phi) is 1.80. The zero-order valence-electron chi connectivity index (χ0n) is 6.86. The van der Waals surface area contributed by atoms with Gasteiger partial charge in [-0.1, -0.05) is 12.0 Å². The van der Waals surface area contributed by atoms with Gasteiger partial charge in [-0.15, -0.1) is 0 Å². The Bertz CT molecular complexity index is 205. The van der Waals surface area contributed by atoms with Crippen LogP contribution >= 0.6 is 0 Å². The van der Waals surface area contributed by atoms with Crippen molar-refractivity contribution >= 4 is 5.78 Å². The number of ketones is 1. The van der Waals surface area contributed by atoms with Crippen LogP contribution in [0.3, 0.4) is 0 Å². The summed E-state index contributed by atoms with van der Waals surface area (Å²) in [7, 11) is 0. The molecule has 60 valence electrons. The summed E-state index contributed by atoms with van der Waals surface area (Å²) < 4.78 is 0. The van der Waals surface area contributed by atoms with Gasteiger partial charge in [-0.2, -0.15) is 0 Å². The molecule has 0 heterocycles. The Balaban J connectivity index is 2.11. The van der Waals surface area contributed by atoms with Crippen LogP contribution in [-0.4, -0.2) is 5.78 Å². The van der Waals surface area contributed by atoms with E-state index >= 15 is 0 Å². The number of hydrogen-bond donors (Lipinski definition) is 0. The highest BCUT2D eigenvalue weighted by Crippen LogP contribution is 2.33. The molecule has 2 aliphatic carbocycles. The standard InChI is InChI=1S/C10H14O/c11-10-7-6-9(10)8-4-2-1-3-5-8/h1-7H2. The topological polar surface area (TPSA) is 17.1 Å². The van der Waals surface area contributed by atoms with Crippen molar-refractivity contribution in [2.24, 2.45) is 0 Å². The van der Waals surface area contributed by atoms with Crippen LogP contribution in [0.5, 0.6) is 0 Å². The predicted molar refractivity (Wildman–Crippen MR) is 44.4 cm³/mol. The molecule has 0 aromatic carbocycles. The lowest BCUT2D eigenvalue weighted by molar-refractivity contribution is -0.118. The molecule has 0 aromatic rings. The molecule has 0 unspecified atom stereocenters. The number of Topliss-reactive ketones (excluding diaryl/α,β-unsaturated/α-hetero) is 1. The van der Waals surface area contributed by atoms with E-state index in [-0.39, 0.29) is 0 Å². The van der Waals surface area contributed by atoms with Crippen LogP contribution in [-0.2, 0) is 4.79 Å². The molecule has 2 rings (SSSR count). The third kappa shape index (κ3) is 1.24. The molecule has 0 bridgehead atoms. The highest BCUT2D eigenvalue weighted by molar-refractivity contribution is 6.02. The molecule has 2 fully saturated rings. The van der Waals surface area contributed by atoms with Crippen LogP contribution in [0.15, 0.2) is 11.1 Å². The van der Waals surface area contributed by atoms with E-state index in [1.807, 2.05) is 0 Å². The molecule has 0 saturated heterocycles. The van der Waals surface area contributed by atoms with Crippen LogP contribution in [0.2, 0.25) is 0 Å². The van der Waals surface area contributed by atoms with Crippen molar-refractivity contribution in [3.05, 3.63) is 11.1 Å². The molecule has 0 aromatic heterocycles. The van der Waals surface area contributed by atoms with E-state index in [0.29, 0.717) is 5.78 Å². The Morgan fingerprint density at radius 3 is 2.00 bits per heavy atom. The van der Waals surface area contributed by atoms with Gasteiger partial charge in [-0.3, -0.25) is 4.79 Å². The second-order valence-electron chi connectivity index (χ2n) is 3.57. The first kappa shape index (κ1) is 7.08. The molecular formula is C10H14O. The van der Waals surface area contributed by atoms with E-state index in [1.54, 1.807) is 0 Å². The van der Waals surface area contributed by atoms with E-state index in [1.165, 1.54) is 43.3 Å². The highest BCUT2D eigenvalue weighted by atomic mass is 16.1. The van der Waals surface area contributed by atoms with Gasteiger partial charge < -0.3 is 0 Å². The molecule has 1 nitrogen and oxygen atoms in total. The summed E-state index contributed by atoms with van der Waals surface area (Å²) in [5.74, 6) is 0.432. The number of hydrogen-bond acceptors (Lipinski definition) is 1. The first-order chi connectivity index (χ1) is 5.38. The van der Waals surface area contributed by atoms with Crippen LogP contribution in [0.4, 0.5) is 0 Å². The van der Waals surface area contributed by atoms with Gasteiger partial charge in [0, 0.05) is 6.42 Å². The molecule has 1 heteroatoms. The van der Waals surface area contributed by atoms with E-state index < -0.39 is 0 Å². The van der Waals surface area contributed by atoms with E-state index in [2.05, 4.69) is 0 Å². The molecule has 0 radical (unpaired) electrons. The number of allylic oxidation sites excluding steroid dienone is 2. The minimum Gasteiger partial charge on any atom is -0.295 e. The second-order valence-corrected chi connectivity index (χ2v) is 3.57. The summed E-state index contributed by atoms with van der Waals surface area (Å²) in [5.41, 5.74) is 2.69. The van der Waals surface area contributed by atoms with Crippen molar-refractivity contribution in [2.75, 3.05) is 0 Å². The predicted octanol–water partition coefficient (Wildman–Crippen LogP) is 2.61. The fourth-order valence-electron chi connectivity index (χ4n) is 2.01. The quantitative estimate of drug-likeness (QED) is 0.485. The summed E-state index contributed by atoms with van der Waals surface area (Å²) in [6.45, 7) is 0. The average molecular weight is 150 g/mol. The lowest BCUT2D eigenvalue weighted by Crippen LogP contribution is -2.17. The molecule has 0 atom stereocenters. The summed E-state index contributed by atoms with van der Waals surface area (Å²) >= 11 is 0. The molecule has 0 amide bonds. The van der Waals surface area contributed by atoms with Crippen molar-refractivity contribution in [2.45, 2.75) is 44.9 Å². The van der Waals surface area contributed by atoms with Gasteiger partial charge in [-0.05, 0) is 37.7 Å². The summed E-state index contributed by atoms with van der Waals surface area (Å²) in [6, 6.07) is 0. The second kappa shape index (κ2) is 2.80. The number of carbonyl (C=O) groups excluding carboxylic acids is 1. The minimum atomic E-state index is 0.432. The first-order valence-electron chi connectivity index (χ1n) is 4.62. The largest absolute Gasteiger partial charge is 0.295 e. The van der Waals surface area contributed by atoms with Crippen LogP contribution in [0, 0.1) is 0 Å². The average Bonchev–Trinajstić information content (AvgIpc) is 2.04. The first-order valence-corrected chi connectivity index (χ1v) is 4.62. The number of carbonyl (C=O) groups is 1. The SMILES string of the molecule is O=C1CCC1=C1CCCCC1. The smallest absolute Gasteiger partial charge is 0.159 e. The van der Waals surface area contributed by atoms with Gasteiger partial charge in [0.15, 0.2) is 5.78 Å². The lowest BCUT2D eigenvalue weighted by Gasteiger charge is -2.23. The van der Waals surface area contributed by atoms with E-state index in [4.69, 9.17) is 0 Å². The molecule has 0 spiro atoms. The van der Waals surface area contributed by atoms with Crippen molar-refractivity contribution in [3.8, 4) is 0 Å². The monoisotopic (exact) mass is 150 g/mol. The third-order valence-electron chi connectivity index (χ3n) is 2.82.